The second-order valence-corrected chi connectivity index (χ2v) is 11.3. The predicted molar refractivity (Wildman–Crippen MR) is 142 cm³/mol. The third-order valence-corrected chi connectivity index (χ3v) is 8.68. The molecule has 1 saturated heterocycles. The van der Waals surface area contributed by atoms with E-state index >= 15 is 4.39 Å². The number of aromatic nitrogens is 5. The largest absolute Gasteiger partial charge is 0.436 e. The van der Waals surface area contributed by atoms with Crippen LogP contribution in [0, 0.1) is 5.82 Å². The van der Waals surface area contributed by atoms with E-state index in [1.54, 1.807) is 17.0 Å². The Balaban J connectivity index is 1.33. The molecule has 3 N–H and O–H groups in total. The molecule has 16 heteroatoms. The number of hydrogen-bond donors (Lipinski definition) is 2. The van der Waals surface area contributed by atoms with E-state index in [0.717, 1.165) is 16.0 Å². The lowest BCUT2D eigenvalue weighted by atomic mass is 9.92. The zero-order chi connectivity index (χ0) is 29.2. The van der Waals surface area contributed by atoms with Crippen LogP contribution in [-0.4, -0.2) is 47.7 Å². The van der Waals surface area contributed by atoms with E-state index in [1.807, 2.05) is 0 Å². The molecule has 0 unspecified atom stereocenters. The van der Waals surface area contributed by atoms with E-state index in [-0.39, 0.29) is 39.5 Å². The first-order chi connectivity index (χ1) is 19.4. The average molecular weight is 626 g/mol. The number of carbonyl (C=O) groups excluding carboxylic acids is 2. The molecular formula is C25H17Cl2F4N7O2S. The van der Waals surface area contributed by atoms with E-state index in [9.17, 15) is 22.8 Å². The number of nitrogens with zero attached hydrogens (tertiary/aromatic N) is 5. The number of nitrogens with two attached hydrogens (primary N) is 1. The first kappa shape index (κ1) is 27.4. The quantitative estimate of drug-likeness (QED) is 0.271. The smallest absolute Gasteiger partial charge is 0.365 e. The number of H-pyrrole nitrogens is 1. The van der Waals surface area contributed by atoms with Gasteiger partial charge in [0.1, 0.15) is 16.7 Å². The summed E-state index contributed by atoms with van der Waals surface area (Å²) in [4.78, 5) is 35.2. The summed E-state index contributed by atoms with van der Waals surface area (Å²) in [6, 6.07) is 4.97. The number of alkyl halides is 3. The fourth-order valence-corrected chi connectivity index (χ4v) is 6.54. The number of nitrogens with one attached hydrogen (secondary N) is 1. The molecule has 0 saturated carbocycles. The van der Waals surface area contributed by atoms with Crippen molar-refractivity contribution in [2.75, 3.05) is 0 Å². The van der Waals surface area contributed by atoms with Gasteiger partial charge in [-0.2, -0.15) is 13.2 Å². The van der Waals surface area contributed by atoms with Crippen LogP contribution in [0.2, 0.25) is 10.2 Å². The molecule has 2 amide bonds. The Morgan fingerprint density at radius 1 is 1.17 bits per heavy atom. The lowest BCUT2D eigenvalue weighted by Gasteiger charge is -2.33. The summed E-state index contributed by atoms with van der Waals surface area (Å²) >= 11 is 13.6. The van der Waals surface area contributed by atoms with Gasteiger partial charge in [0.25, 0.3) is 5.91 Å². The predicted octanol–water partition coefficient (Wildman–Crippen LogP) is 5.80. The van der Waals surface area contributed by atoms with Gasteiger partial charge in [0.2, 0.25) is 5.91 Å². The summed E-state index contributed by atoms with van der Waals surface area (Å²) in [7, 11) is 0. The van der Waals surface area contributed by atoms with Gasteiger partial charge in [-0.3, -0.25) is 9.59 Å². The van der Waals surface area contributed by atoms with Gasteiger partial charge >= 0.3 is 6.18 Å². The molecule has 0 aliphatic carbocycles. The highest BCUT2D eigenvalue weighted by atomic mass is 35.5. The highest BCUT2D eigenvalue weighted by molar-refractivity contribution is 7.17. The molecule has 1 fully saturated rings. The van der Waals surface area contributed by atoms with Gasteiger partial charge < -0.3 is 15.6 Å². The summed E-state index contributed by atoms with van der Waals surface area (Å²) < 4.78 is 55.6. The lowest BCUT2D eigenvalue weighted by Crippen LogP contribution is -2.39. The summed E-state index contributed by atoms with van der Waals surface area (Å²) in [5, 5.41) is 6.65. The molecule has 6 rings (SSSR count). The molecule has 5 heterocycles. The van der Waals surface area contributed by atoms with Gasteiger partial charge in [-0.1, -0.05) is 28.4 Å². The number of aromatic amines is 1. The van der Waals surface area contributed by atoms with Gasteiger partial charge in [-0.25, -0.2) is 14.1 Å². The first-order valence-electron chi connectivity index (χ1n) is 12.1. The fourth-order valence-electron chi connectivity index (χ4n) is 5.23. The number of primary amides is 1. The number of hydrogen-bond acceptors (Lipinski definition) is 6. The van der Waals surface area contributed by atoms with Gasteiger partial charge in [-0.05, 0) is 49.1 Å². The van der Waals surface area contributed by atoms with Gasteiger partial charge in [0.05, 0.1) is 32.7 Å². The molecule has 0 radical (unpaired) electrons. The van der Waals surface area contributed by atoms with E-state index in [2.05, 4.69) is 20.3 Å². The third-order valence-electron chi connectivity index (χ3n) is 7.01. The molecule has 0 bridgehead atoms. The Kier molecular flexibility index (Phi) is 6.66. The molecule has 0 spiro atoms. The molecule has 9 nitrogen and oxygen atoms in total. The molecular weight excluding hydrogens is 609 g/mol. The molecule has 4 aromatic rings. The van der Waals surface area contributed by atoms with Crippen molar-refractivity contribution in [2.24, 2.45) is 5.73 Å². The monoisotopic (exact) mass is 625 g/mol. The second kappa shape index (κ2) is 9.96. The first-order valence-corrected chi connectivity index (χ1v) is 13.7. The van der Waals surface area contributed by atoms with Crippen LogP contribution in [0.4, 0.5) is 17.6 Å². The van der Waals surface area contributed by atoms with Crippen LogP contribution in [0.3, 0.4) is 0 Å². The number of carbonyl (C=O) groups is 2. The lowest BCUT2D eigenvalue weighted by molar-refractivity contribution is -0.141. The van der Waals surface area contributed by atoms with Crippen LogP contribution in [0.25, 0.3) is 21.8 Å². The van der Waals surface area contributed by atoms with Crippen molar-refractivity contribution in [3.8, 4) is 16.3 Å². The maximum atomic E-state index is 15.4. The van der Waals surface area contributed by atoms with Gasteiger partial charge in [-0.15, -0.1) is 16.4 Å². The Morgan fingerprint density at radius 2 is 1.95 bits per heavy atom. The van der Waals surface area contributed by atoms with Crippen molar-refractivity contribution in [3.05, 3.63) is 74.5 Å². The topological polar surface area (TPSA) is 123 Å². The SMILES string of the molecule is NC(=O)c1ccc(-c2nc([C@@H]3CC[C@H]4CC(c5c(-n6cc(C(F)(F)F)nn6)ccc(Cl)c5F)=CC(=O)N43)[nH]c2Cl)s1. The average Bonchev–Trinajstić information content (AvgIpc) is 3.70. The third kappa shape index (κ3) is 4.79. The number of benzene rings is 1. The van der Waals surface area contributed by atoms with Crippen molar-refractivity contribution in [3.63, 3.8) is 0 Å². The summed E-state index contributed by atoms with van der Waals surface area (Å²) in [6.07, 6.45) is -1.56. The fraction of sp³-hybridized carbons (Fsp3) is 0.240. The highest BCUT2D eigenvalue weighted by Crippen LogP contribution is 2.45. The van der Waals surface area contributed by atoms with Crippen LogP contribution in [0.5, 0.6) is 0 Å². The number of imidazole rings is 1. The number of fused-ring (bicyclic) bond motifs is 1. The zero-order valence-electron chi connectivity index (χ0n) is 20.5. The van der Waals surface area contributed by atoms with Gasteiger partial charge in [0.15, 0.2) is 11.5 Å². The number of rotatable bonds is 5. The molecule has 3 aromatic heterocycles. The Bertz CT molecular complexity index is 1750. The minimum atomic E-state index is -4.74. The van der Waals surface area contributed by atoms with Crippen LogP contribution in [0.15, 0.2) is 36.5 Å². The van der Waals surface area contributed by atoms with Gasteiger partial charge in [0, 0.05) is 17.7 Å². The summed E-state index contributed by atoms with van der Waals surface area (Å²) in [5.74, 6) is -1.44. The molecule has 2 aliphatic heterocycles. The second-order valence-electron chi connectivity index (χ2n) is 9.48. The Morgan fingerprint density at radius 3 is 2.63 bits per heavy atom. The summed E-state index contributed by atoms with van der Waals surface area (Å²) in [5.41, 5.74) is 4.62. The molecule has 212 valence electrons. The standard InChI is InChI=1S/C25H17Cl2F4N7O2S/c26-12-2-4-13(37-9-17(35-36-37)25(29,30)31)19(20(12)28)10-7-11-1-3-14(38(11)18(39)8-10)24-33-21(22(27)34-24)15-5-6-16(41-15)23(32)40/h2,4-6,8-9,11,14H,1,3,7H2,(H2,32,40)(H,33,34)/t11-,14-/m0/s1. The van der Waals surface area contributed by atoms with Crippen LogP contribution in [-0.2, 0) is 11.0 Å². The Labute approximate surface area is 242 Å². The summed E-state index contributed by atoms with van der Waals surface area (Å²) in [6.45, 7) is 0. The zero-order valence-corrected chi connectivity index (χ0v) is 22.9. The molecule has 1 aromatic carbocycles. The van der Waals surface area contributed by atoms with Crippen LogP contribution >= 0.6 is 34.5 Å². The normalized spacial score (nSPS) is 19.0. The van der Waals surface area contributed by atoms with Crippen LogP contribution in [0.1, 0.15) is 52.1 Å². The minimum absolute atomic E-state index is 0.0364. The molecule has 2 aliphatic rings. The molecule has 2 atom stereocenters. The van der Waals surface area contributed by atoms with E-state index in [1.165, 1.54) is 18.2 Å². The number of thiophene rings is 1. The Hall–Kier alpha value is -3.75. The molecule has 41 heavy (non-hydrogen) atoms. The maximum Gasteiger partial charge on any atom is 0.436 e. The number of halogens is 6. The van der Waals surface area contributed by atoms with E-state index < -0.39 is 35.5 Å². The number of amides is 2. The van der Waals surface area contributed by atoms with E-state index in [0.29, 0.717) is 40.3 Å². The van der Waals surface area contributed by atoms with Crippen LogP contribution < -0.4 is 5.73 Å². The van der Waals surface area contributed by atoms with Crippen molar-refractivity contribution in [1.82, 2.24) is 29.9 Å². The van der Waals surface area contributed by atoms with E-state index in [4.69, 9.17) is 28.9 Å². The van der Waals surface area contributed by atoms with Crippen molar-refractivity contribution < 1.29 is 27.2 Å². The highest BCUT2D eigenvalue weighted by Gasteiger charge is 2.43. The maximum absolute atomic E-state index is 15.4. The van der Waals surface area contributed by atoms with Crippen molar-refractivity contribution in [2.45, 2.75) is 37.5 Å². The van der Waals surface area contributed by atoms with Crippen molar-refractivity contribution >= 4 is 51.9 Å². The van der Waals surface area contributed by atoms with Crippen molar-refractivity contribution in [1.29, 1.82) is 0 Å². The minimum Gasteiger partial charge on any atom is -0.365 e.